The summed E-state index contributed by atoms with van der Waals surface area (Å²) in [6, 6.07) is 5.83. The predicted molar refractivity (Wildman–Crippen MR) is 69.2 cm³/mol. The van der Waals surface area contributed by atoms with Crippen LogP contribution in [0.5, 0.6) is 11.5 Å². The lowest BCUT2D eigenvalue weighted by Crippen LogP contribution is -2.29. The molecule has 0 aromatic heterocycles. The summed E-state index contributed by atoms with van der Waals surface area (Å²) in [7, 11) is 3.15. The van der Waals surface area contributed by atoms with Crippen molar-refractivity contribution in [2.24, 2.45) is 0 Å². The predicted octanol–water partition coefficient (Wildman–Crippen LogP) is 1.39. The number of nitrogens with one attached hydrogen (secondary N) is 2. The highest BCUT2D eigenvalue weighted by atomic mass is 16.5. The maximum atomic E-state index is 11.7. The Labute approximate surface area is 106 Å². The van der Waals surface area contributed by atoms with Crippen molar-refractivity contribution in [1.82, 2.24) is 5.32 Å². The molecule has 0 saturated heterocycles. The van der Waals surface area contributed by atoms with Gasteiger partial charge in [0, 0.05) is 17.8 Å². The van der Waals surface area contributed by atoms with Crippen LogP contribution < -0.4 is 20.1 Å². The largest absolute Gasteiger partial charge is 0.493 e. The topological polar surface area (TPSA) is 59.6 Å². The van der Waals surface area contributed by atoms with Gasteiger partial charge in [-0.15, -0.1) is 0 Å². The fourth-order valence-electron chi connectivity index (χ4n) is 1.64. The number of amides is 1. The van der Waals surface area contributed by atoms with E-state index < -0.39 is 0 Å². The lowest BCUT2D eigenvalue weighted by molar-refractivity contribution is -0.115. The molecule has 1 aliphatic carbocycles. The number of hydrogen-bond donors (Lipinski definition) is 2. The smallest absolute Gasteiger partial charge is 0.238 e. The first-order valence-corrected chi connectivity index (χ1v) is 5.98. The third-order valence-corrected chi connectivity index (χ3v) is 2.80. The van der Waals surface area contributed by atoms with Crippen LogP contribution in [0, 0.1) is 0 Å². The molecule has 1 aromatic carbocycles. The Morgan fingerprint density at radius 2 is 2.00 bits per heavy atom. The average Bonchev–Trinajstić information content (AvgIpc) is 3.20. The lowest BCUT2D eigenvalue weighted by Gasteiger charge is -2.10. The van der Waals surface area contributed by atoms with E-state index in [4.69, 9.17) is 9.47 Å². The Bertz CT molecular complexity index is 430. The Balaban J connectivity index is 1.92. The van der Waals surface area contributed by atoms with Crippen LogP contribution in [-0.4, -0.2) is 32.7 Å². The molecule has 5 heteroatoms. The molecule has 5 nitrogen and oxygen atoms in total. The minimum Gasteiger partial charge on any atom is -0.493 e. The van der Waals surface area contributed by atoms with Crippen LogP contribution in [0.25, 0.3) is 0 Å². The van der Waals surface area contributed by atoms with Gasteiger partial charge in [-0.05, 0) is 25.0 Å². The van der Waals surface area contributed by atoms with Crippen molar-refractivity contribution in [2.75, 3.05) is 26.1 Å². The van der Waals surface area contributed by atoms with E-state index in [1.54, 1.807) is 32.4 Å². The van der Waals surface area contributed by atoms with Crippen LogP contribution in [0.2, 0.25) is 0 Å². The second-order valence-corrected chi connectivity index (χ2v) is 4.27. The van der Waals surface area contributed by atoms with Gasteiger partial charge >= 0.3 is 0 Å². The monoisotopic (exact) mass is 250 g/mol. The Hall–Kier alpha value is -1.75. The van der Waals surface area contributed by atoms with Crippen molar-refractivity contribution in [3.05, 3.63) is 18.2 Å². The summed E-state index contributed by atoms with van der Waals surface area (Å²) in [4.78, 5) is 11.7. The summed E-state index contributed by atoms with van der Waals surface area (Å²) < 4.78 is 10.3. The summed E-state index contributed by atoms with van der Waals surface area (Å²) in [6.45, 7) is 0.346. The molecule has 1 saturated carbocycles. The fraction of sp³-hybridized carbons (Fsp3) is 0.462. The molecule has 1 aliphatic rings. The van der Waals surface area contributed by atoms with Gasteiger partial charge in [0.25, 0.3) is 0 Å². The van der Waals surface area contributed by atoms with Crippen molar-refractivity contribution >= 4 is 11.6 Å². The van der Waals surface area contributed by atoms with E-state index in [0.29, 0.717) is 29.8 Å². The van der Waals surface area contributed by atoms with Crippen LogP contribution in [0.4, 0.5) is 5.69 Å². The van der Waals surface area contributed by atoms with Crippen molar-refractivity contribution in [1.29, 1.82) is 0 Å². The average molecular weight is 250 g/mol. The number of carbonyl (C=O) groups excluding carboxylic acids is 1. The second-order valence-electron chi connectivity index (χ2n) is 4.27. The number of rotatable bonds is 6. The van der Waals surface area contributed by atoms with Crippen molar-refractivity contribution in [2.45, 2.75) is 18.9 Å². The normalized spacial score (nSPS) is 14.1. The quantitative estimate of drug-likeness (QED) is 0.801. The number of anilines is 1. The van der Waals surface area contributed by atoms with Crippen LogP contribution in [0.15, 0.2) is 18.2 Å². The number of hydrogen-bond acceptors (Lipinski definition) is 4. The van der Waals surface area contributed by atoms with Crippen LogP contribution >= 0.6 is 0 Å². The maximum absolute atomic E-state index is 11.7. The minimum atomic E-state index is -0.0471. The summed E-state index contributed by atoms with van der Waals surface area (Å²) >= 11 is 0. The molecule has 0 unspecified atom stereocenters. The third-order valence-electron chi connectivity index (χ3n) is 2.80. The molecule has 1 aromatic rings. The standard InChI is InChI=1S/C13H18N2O3/c1-17-11-6-5-10(7-12(11)18-2)15-13(16)8-14-9-3-4-9/h5-7,9,14H,3-4,8H2,1-2H3,(H,15,16). The molecule has 2 rings (SSSR count). The zero-order valence-electron chi connectivity index (χ0n) is 10.7. The highest BCUT2D eigenvalue weighted by Gasteiger charge is 2.21. The first kappa shape index (κ1) is 12.7. The van der Waals surface area contributed by atoms with E-state index >= 15 is 0 Å². The first-order valence-electron chi connectivity index (χ1n) is 5.98. The number of benzene rings is 1. The molecule has 0 radical (unpaired) electrons. The van der Waals surface area contributed by atoms with Gasteiger partial charge < -0.3 is 20.1 Å². The van der Waals surface area contributed by atoms with E-state index in [1.807, 2.05) is 0 Å². The van der Waals surface area contributed by atoms with Gasteiger partial charge in [0.05, 0.1) is 20.8 Å². The summed E-state index contributed by atoms with van der Waals surface area (Å²) in [5.74, 6) is 1.20. The summed E-state index contributed by atoms with van der Waals surface area (Å²) in [6.07, 6.45) is 2.34. The van der Waals surface area contributed by atoms with Gasteiger partial charge in [-0.2, -0.15) is 0 Å². The van der Waals surface area contributed by atoms with Crippen molar-refractivity contribution < 1.29 is 14.3 Å². The molecular weight excluding hydrogens is 232 g/mol. The second kappa shape index (κ2) is 5.73. The summed E-state index contributed by atoms with van der Waals surface area (Å²) in [5, 5.41) is 5.97. The molecular formula is C13H18N2O3. The SMILES string of the molecule is COc1ccc(NC(=O)CNC2CC2)cc1OC. The van der Waals surface area contributed by atoms with Crippen LogP contribution in [-0.2, 0) is 4.79 Å². The molecule has 1 fully saturated rings. The first-order chi connectivity index (χ1) is 8.72. The number of ether oxygens (including phenoxy) is 2. The number of methoxy groups -OCH3 is 2. The molecule has 0 heterocycles. The van der Waals surface area contributed by atoms with E-state index in [-0.39, 0.29) is 5.91 Å². The van der Waals surface area contributed by atoms with Crippen molar-refractivity contribution in [3.8, 4) is 11.5 Å². The highest BCUT2D eigenvalue weighted by Crippen LogP contribution is 2.29. The summed E-state index contributed by atoms with van der Waals surface area (Å²) in [5.41, 5.74) is 0.704. The number of carbonyl (C=O) groups is 1. The lowest BCUT2D eigenvalue weighted by atomic mass is 10.2. The van der Waals surface area contributed by atoms with Crippen molar-refractivity contribution in [3.63, 3.8) is 0 Å². The van der Waals surface area contributed by atoms with Gasteiger partial charge in [0.1, 0.15) is 0 Å². The third kappa shape index (κ3) is 3.37. The Kier molecular flexibility index (Phi) is 4.04. The van der Waals surface area contributed by atoms with Gasteiger partial charge in [0.2, 0.25) is 5.91 Å². The van der Waals surface area contributed by atoms with Gasteiger partial charge in [-0.25, -0.2) is 0 Å². The highest BCUT2D eigenvalue weighted by molar-refractivity contribution is 5.92. The van der Waals surface area contributed by atoms with Gasteiger partial charge in [-0.1, -0.05) is 0 Å². The van der Waals surface area contributed by atoms with Gasteiger partial charge in [0.15, 0.2) is 11.5 Å². The Morgan fingerprint density at radius 3 is 2.61 bits per heavy atom. The van der Waals surface area contributed by atoms with Crippen LogP contribution in [0.3, 0.4) is 0 Å². The Morgan fingerprint density at radius 1 is 1.28 bits per heavy atom. The van der Waals surface area contributed by atoms with E-state index in [2.05, 4.69) is 10.6 Å². The molecule has 0 aliphatic heterocycles. The molecule has 98 valence electrons. The fourth-order valence-corrected chi connectivity index (χ4v) is 1.64. The zero-order valence-corrected chi connectivity index (χ0v) is 10.7. The molecule has 0 atom stereocenters. The molecule has 0 spiro atoms. The molecule has 2 N–H and O–H groups in total. The maximum Gasteiger partial charge on any atom is 0.238 e. The zero-order chi connectivity index (χ0) is 13.0. The van der Waals surface area contributed by atoms with E-state index in [1.165, 1.54) is 12.8 Å². The molecule has 18 heavy (non-hydrogen) atoms. The van der Waals surface area contributed by atoms with E-state index in [0.717, 1.165) is 0 Å². The minimum absolute atomic E-state index is 0.0471. The molecule has 0 bridgehead atoms. The molecule has 1 amide bonds. The van der Waals surface area contributed by atoms with Crippen LogP contribution in [0.1, 0.15) is 12.8 Å². The van der Waals surface area contributed by atoms with E-state index in [9.17, 15) is 4.79 Å². The van der Waals surface area contributed by atoms with Gasteiger partial charge in [-0.3, -0.25) is 4.79 Å².